The molecule has 3 rings (SSSR count). The predicted octanol–water partition coefficient (Wildman–Crippen LogP) is 3.56. The molecule has 1 aromatic rings. The number of ether oxygens (including phenoxy) is 1. The van der Waals surface area contributed by atoms with Crippen LogP contribution in [0.5, 0.6) is 0 Å². The summed E-state index contributed by atoms with van der Waals surface area (Å²) in [7, 11) is 1.93. The molecule has 2 aliphatic heterocycles. The van der Waals surface area contributed by atoms with Gasteiger partial charge in [-0.1, -0.05) is 38.4 Å². The first-order chi connectivity index (χ1) is 10.9. The summed E-state index contributed by atoms with van der Waals surface area (Å²) >= 11 is 5.95. The summed E-state index contributed by atoms with van der Waals surface area (Å²) < 4.78 is 5.54. The zero-order valence-corrected chi connectivity index (χ0v) is 14.8. The van der Waals surface area contributed by atoms with Gasteiger partial charge in [-0.15, -0.1) is 0 Å². The van der Waals surface area contributed by atoms with Gasteiger partial charge in [0.2, 0.25) is 5.60 Å². The van der Waals surface area contributed by atoms with Gasteiger partial charge in [0.1, 0.15) is 0 Å². The van der Waals surface area contributed by atoms with E-state index in [-0.39, 0.29) is 11.8 Å². The maximum absolute atomic E-state index is 12.9. The van der Waals surface area contributed by atoms with E-state index in [0.717, 1.165) is 17.9 Å². The highest BCUT2D eigenvalue weighted by Crippen LogP contribution is 2.39. The smallest absolute Gasteiger partial charge is 0.422 e. The minimum atomic E-state index is -1.08. The van der Waals surface area contributed by atoms with Crippen molar-refractivity contribution in [2.75, 3.05) is 25.0 Å². The number of benzene rings is 1. The Hall–Kier alpha value is -1.59. The molecule has 2 amide bonds. The van der Waals surface area contributed by atoms with Crippen molar-refractivity contribution in [2.24, 2.45) is 5.92 Å². The SMILES string of the molecule is CC.CC1CCN(C)CC12OC(=O)N(c1cccc(Cl)c1)C2=O. The molecule has 6 heteroatoms. The van der Waals surface area contributed by atoms with Gasteiger partial charge < -0.3 is 9.64 Å². The molecule has 2 aliphatic rings. The third-order valence-corrected chi connectivity index (χ3v) is 4.56. The van der Waals surface area contributed by atoms with E-state index in [1.807, 2.05) is 32.7 Å². The van der Waals surface area contributed by atoms with Gasteiger partial charge in [-0.2, -0.15) is 0 Å². The Morgan fingerprint density at radius 1 is 1.30 bits per heavy atom. The number of anilines is 1. The molecule has 2 heterocycles. The number of likely N-dealkylation sites (tertiary alicyclic amines) is 1. The van der Waals surface area contributed by atoms with Crippen molar-refractivity contribution >= 4 is 29.3 Å². The van der Waals surface area contributed by atoms with Gasteiger partial charge in [-0.3, -0.25) is 4.79 Å². The number of imide groups is 1. The topological polar surface area (TPSA) is 49.9 Å². The summed E-state index contributed by atoms with van der Waals surface area (Å²) in [5.41, 5.74) is -0.623. The molecule has 5 nitrogen and oxygen atoms in total. The summed E-state index contributed by atoms with van der Waals surface area (Å²) in [6.45, 7) is 7.28. The normalized spacial score (nSPS) is 27.7. The summed E-state index contributed by atoms with van der Waals surface area (Å²) in [5.74, 6) is -0.303. The Morgan fingerprint density at radius 2 is 2.00 bits per heavy atom. The number of nitrogens with zero attached hydrogens (tertiary/aromatic N) is 2. The first kappa shape index (κ1) is 17.8. The molecule has 0 radical (unpaired) electrons. The Bertz CT molecular complexity index is 607. The molecular formula is C17H23ClN2O3. The van der Waals surface area contributed by atoms with Gasteiger partial charge in [0, 0.05) is 17.5 Å². The molecule has 2 atom stereocenters. The zero-order chi connectivity index (χ0) is 17.2. The summed E-state index contributed by atoms with van der Waals surface area (Å²) in [6.07, 6.45) is 0.197. The first-order valence-electron chi connectivity index (χ1n) is 7.96. The van der Waals surface area contributed by atoms with Crippen LogP contribution in [0.2, 0.25) is 5.02 Å². The second kappa shape index (κ2) is 6.89. The number of hydrogen-bond acceptors (Lipinski definition) is 4. The number of halogens is 1. The van der Waals surface area contributed by atoms with Gasteiger partial charge in [0.05, 0.1) is 5.69 Å². The van der Waals surface area contributed by atoms with Crippen LogP contribution in [0.15, 0.2) is 24.3 Å². The average Bonchev–Trinajstić information content (AvgIpc) is 2.77. The minimum absolute atomic E-state index is 0.00525. The predicted molar refractivity (Wildman–Crippen MR) is 90.8 cm³/mol. The van der Waals surface area contributed by atoms with Gasteiger partial charge in [-0.25, -0.2) is 9.69 Å². The molecular weight excluding hydrogens is 316 g/mol. The van der Waals surface area contributed by atoms with E-state index in [9.17, 15) is 9.59 Å². The van der Waals surface area contributed by atoms with Gasteiger partial charge in [0.25, 0.3) is 5.91 Å². The summed E-state index contributed by atoms with van der Waals surface area (Å²) in [6, 6.07) is 6.68. The van der Waals surface area contributed by atoms with E-state index >= 15 is 0 Å². The highest BCUT2D eigenvalue weighted by Gasteiger charge is 2.59. The number of carbonyl (C=O) groups excluding carboxylic acids is 2. The van der Waals surface area contributed by atoms with Gasteiger partial charge in [-0.05, 0) is 38.2 Å². The number of carbonyl (C=O) groups is 2. The maximum atomic E-state index is 12.9. The maximum Gasteiger partial charge on any atom is 0.422 e. The number of piperidine rings is 1. The lowest BCUT2D eigenvalue weighted by atomic mass is 9.82. The molecule has 1 spiro atoms. The van der Waals surface area contributed by atoms with E-state index in [4.69, 9.17) is 16.3 Å². The van der Waals surface area contributed by atoms with E-state index < -0.39 is 11.7 Å². The van der Waals surface area contributed by atoms with Crippen LogP contribution >= 0.6 is 11.6 Å². The number of rotatable bonds is 1. The Kier molecular flexibility index (Phi) is 5.32. The van der Waals surface area contributed by atoms with Crippen molar-refractivity contribution in [2.45, 2.75) is 32.8 Å². The number of likely N-dealkylation sites (N-methyl/N-ethyl adjacent to an activating group) is 1. The van der Waals surface area contributed by atoms with Crippen molar-refractivity contribution in [1.82, 2.24) is 4.90 Å². The standard InChI is InChI=1S/C15H17ClN2O3.C2H6/c1-10-6-7-17(2)9-15(10)13(19)18(14(20)21-15)12-5-3-4-11(16)8-12;1-2/h3-5,8,10H,6-7,9H2,1-2H3;1-2H3. The molecule has 0 aromatic heterocycles. The van der Waals surface area contributed by atoms with Crippen LogP contribution in [0.3, 0.4) is 0 Å². The van der Waals surface area contributed by atoms with Crippen molar-refractivity contribution < 1.29 is 14.3 Å². The lowest BCUT2D eigenvalue weighted by Gasteiger charge is -2.39. The van der Waals surface area contributed by atoms with Crippen LogP contribution in [0.1, 0.15) is 27.2 Å². The summed E-state index contributed by atoms with van der Waals surface area (Å²) in [4.78, 5) is 28.2. The average molecular weight is 339 g/mol. The van der Waals surface area contributed by atoms with Crippen LogP contribution < -0.4 is 4.90 Å². The number of amides is 2. The fraction of sp³-hybridized carbons (Fsp3) is 0.529. The molecule has 0 bridgehead atoms. The molecule has 0 N–H and O–H groups in total. The van der Waals surface area contributed by atoms with Gasteiger partial charge >= 0.3 is 6.09 Å². The first-order valence-corrected chi connectivity index (χ1v) is 8.33. The van der Waals surface area contributed by atoms with Crippen molar-refractivity contribution in [1.29, 1.82) is 0 Å². The lowest BCUT2D eigenvalue weighted by Crippen LogP contribution is -2.57. The van der Waals surface area contributed by atoms with E-state index in [0.29, 0.717) is 17.3 Å². The lowest BCUT2D eigenvalue weighted by molar-refractivity contribution is -0.139. The summed E-state index contributed by atoms with van der Waals surface area (Å²) in [5, 5.41) is 0.475. The van der Waals surface area contributed by atoms with E-state index in [1.165, 1.54) is 0 Å². The molecule has 23 heavy (non-hydrogen) atoms. The Labute approximate surface area is 142 Å². The van der Waals surface area contributed by atoms with Crippen molar-refractivity contribution in [3.05, 3.63) is 29.3 Å². The van der Waals surface area contributed by atoms with Crippen molar-refractivity contribution in [3.63, 3.8) is 0 Å². The molecule has 2 unspecified atom stereocenters. The highest BCUT2D eigenvalue weighted by atomic mass is 35.5. The molecule has 1 aromatic carbocycles. The molecule has 2 fully saturated rings. The van der Waals surface area contributed by atoms with Crippen molar-refractivity contribution in [3.8, 4) is 0 Å². The number of hydrogen-bond donors (Lipinski definition) is 0. The van der Waals surface area contributed by atoms with E-state index in [1.54, 1.807) is 24.3 Å². The Morgan fingerprint density at radius 3 is 2.65 bits per heavy atom. The largest absolute Gasteiger partial charge is 0.430 e. The monoisotopic (exact) mass is 338 g/mol. The highest BCUT2D eigenvalue weighted by molar-refractivity contribution is 6.31. The fourth-order valence-electron chi connectivity index (χ4n) is 3.05. The second-order valence-corrected chi connectivity index (χ2v) is 6.24. The third-order valence-electron chi connectivity index (χ3n) is 4.33. The molecule has 0 saturated carbocycles. The molecule has 126 valence electrons. The molecule has 2 saturated heterocycles. The third kappa shape index (κ3) is 3.08. The minimum Gasteiger partial charge on any atom is -0.430 e. The van der Waals surface area contributed by atoms with Gasteiger partial charge in [0.15, 0.2) is 0 Å². The fourth-order valence-corrected chi connectivity index (χ4v) is 3.23. The van der Waals surface area contributed by atoms with Crippen LogP contribution in [0, 0.1) is 5.92 Å². The van der Waals surface area contributed by atoms with E-state index in [2.05, 4.69) is 0 Å². The zero-order valence-electron chi connectivity index (χ0n) is 14.0. The molecule has 0 aliphatic carbocycles. The van der Waals surface area contributed by atoms with Crippen LogP contribution in [0.25, 0.3) is 0 Å². The van der Waals surface area contributed by atoms with Crippen LogP contribution in [-0.2, 0) is 9.53 Å². The van der Waals surface area contributed by atoms with Crippen LogP contribution in [-0.4, -0.2) is 42.6 Å². The Balaban J connectivity index is 0.000000924. The quantitative estimate of drug-likeness (QED) is 0.785. The second-order valence-electron chi connectivity index (χ2n) is 5.81. The van der Waals surface area contributed by atoms with Crippen LogP contribution in [0.4, 0.5) is 10.5 Å².